The molecule has 0 aromatic rings. The molecule has 0 heterocycles. The maximum absolute atomic E-state index is 14.8. The fourth-order valence-corrected chi connectivity index (χ4v) is 14.2. The molecule has 6 rings (SSSR count). The van der Waals surface area contributed by atoms with Gasteiger partial charge in [0, 0.05) is 18.4 Å². The summed E-state index contributed by atoms with van der Waals surface area (Å²) in [6.07, 6.45) is 13.4. The molecule has 6 aliphatic carbocycles. The Morgan fingerprint density at radius 3 is 2.14 bits per heavy atom. The Labute approximate surface area is 298 Å². The van der Waals surface area contributed by atoms with Gasteiger partial charge in [-0.25, -0.2) is 0 Å². The number of fused-ring (bicyclic) bond motifs is 7. The molecule has 0 saturated heterocycles. The molecule has 0 bridgehead atoms. The van der Waals surface area contributed by atoms with Crippen LogP contribution in [0.15, 0.2) is 12.2 Å². The van der Waals surface area contributed by atoms with Crippen LogP contribution in [0.25, 0.3) is 0 Å². The number of amides is 1. The minimum absolute atomic E-state index is 0.00870. The molecular weight excluding hydrogens is 610 g/mol. The average Bonchev–Trinajstić information content (AvgIpc) is 3.42. The van der Waals surface area contributed by atoms with Gasteiger partial charge in [-0.05, 0) is 135 Å². The molecule has 6 saturated carbocycles. The lowest BCUT2D eigenvalue weighted by molar-refractivity contribution is -0.249. The lowest BCUT2D eigenvalue weighted by Gasteiger charge is -2.73. The smallest absolute Gasteiger partial charge is 0.309 e. The molecule has 49 heavy (non-hydrogen) atoms. The summed E-state index contributed by atoms with van der Waals surface area (Å²) in [6, 6.07) is -0.00937. The Morgan fingerprint density at radius 1 is 0.796 bits per heavy atom. The van der Waals surface area contributed by atoms with Gasteiger partial charge in [-0.1, -0.05) is 74.0 Å². The highest BCUT2D eigenvalue weighted by atomic mass is 16.5. The fraction of sp³-hybridized carbons (Fsp3) is 0.884. The van der Waals surface area contributed by atoms with E-state index in [4.69, 9.17) is 9.47 Å². The van der Waals surface area contributed by atoms with Gasteiger partial charge in [0.25, 0.3) is 0 Å². The Bertz CT molecular complexity index is 1350. The van der Waals surface area contributed by atoms with Gasteiger partial charge in [0.05, 0.1) is 17.9 Å². The number of rotatable bonds is 8. The van der Waals surface area contributed by atoms with Crippen LogP contribution in [-0.2, 0) is 23.9 Å². The molecule has 276 valence electrons. The molecule has 12 atom stereocenters. The second-order valence-electron chi connectivity index (χ2n) is 20.0. The fourth-order valence-electron chi connectivity index (χ4n) is 14.2. The first-order chi connectivity index (χ1) is 22.8. The molecule has 6 nitrogen and oxygen atoms in total. The van der Waals surface area contributed by atoms with Gasteiger partial charge in [-0.3, -0.25) is 14.4 Å². The number of nitrogens with one attached hydrogen (secondary N) is 1. The topological polar surface area (TPSA) is 81.7 Å². The molecule has 0 unspecified atom stereocenters. The predicted octanol–water partition coefficient (Wildman–Crippen LogP) is 9.45. The highest BCUT2D eigenvalue weighted by Gasteiger charge is 2.72. The van der Waals surface area contributed by atoms with Crippen LogP contribution in [0.5, 0.6) is 0 Å². The van der Waals surface area contributed by atoms with Crippen LogP contribution in [0.1, 0.15) is 153 Å². The van der Waals surface area contributed by atoms with E-state index in [1.165, 1.54) is 31.3 Å². The van der Waals surface area contributed by atoms with E-state index in [0.29, 0.717) is 42.6 Å². The number of esters is 2. The number of allylic oxidation sites excluding steroid dienone is 1. The molecule has 1 N–H and O–H groups in total. The third-order valence-corrected chi connectivity index (χ3v) is 17.4. The van der Waals surface area contributed by atoms with Gasteiger partial charge in [0.15, 0.2) is 0 Å². The van der Waals surface area contributed by atoms with E-state index in [0.717, 1.165) is 51.4 Å². The van der Waals surface area contributed by atoms with Crippen LogP contribution < -0.4 is 5.32 Å². The van der Waals surface area contributed by atoms with Gasteiger partial charge >= 0.3 is 11.9 Å². The van der Waals surface area contributed by atoms with Crippen molar-refractivity contribution < 1.29 is 23.9 Å². The summed E-state index contributed by atoms with van der Waals surface area (Å²) in [5.74, 6) is 2.13. The Balaban J connectivity index is 1.25. The van der Waals surface area contributed by atoms with Crippen molar-refractivity contribution in [2.75, 3.05) is 6.61 Å². The van der Waals surface area contributed by atoms with Crippen molar-refractivity contribution in [2.24, 2.45) is 68.0 Å². The molecule has 0 radical (unpaired) electrons. The van der Waals surface area contributed by atoms with E-state index >= 15 is 0 Å². The first-order valence-electron chi connectivity index (χ1n) is 20.1. The molecule has 6 fully saturated rings. The number of hydrogen-bond donors (Lipinski definition) is 1. The van der Waals surface area contributed by atoms with Crippen LogP contribution in [0.2, 0.25) is 0 Å². The van der Waals surface area contributed by atoms with Crippen molar-refractivity contribution in [2.45, 2.75) is 165 Å². The maximum Gasteiger partial charge on any atom is 0.309 e. The van der Waals surface area contributed by atoms with Crippen molar-refractivity contribution in [1.82, 2.24) is 5.32 Å². The minimum atomic E-state index is -0.370. The van der Waals surface area contributed by atoms with Crippen LogP contribution >= 0.6 is 0 Å². The van der Waals surface area contributed by atoms with Gasteiger partial charge in [0.2, 0.25) is 5.91 Å². The van der Waals surface area contributed by atoms with Gasteiger partial charge < -0.3 is 14.8 Å². The summed E-state index contributed by atoms with van der Waals surface area (Å²) in [6.45, 7) is 27.7. The molecule has 6 heteroatoms. The zero-order chi connectivity index (χ0) is 35.9. The van der Waals surface area contributed by atoms with Crippen molar-refractivity contribution in [1.29, 1.82) is 0 Å². The van der Waals surface area contributed by atoms with E-state index in [1.54, 1.807) is 6.92 Å². The van der Waals surface area contributed by atoms with Gasteiger partial charge in [0.1, 0.15) is 6.10 Å². The third-order valence-electron chi connectivity index (χ3n) is 17.4. The zero-order valence-corrected chi connectivity index (χ0v) is 32.8. The van der Waals surface area contributed by atoms with E-state index in [1.807, 2.05) is 0 Å². The van der Waals surface area contributed by atoms with E-state index in [-0.39, 0.29) is 68.4 Å². The van der Waals surface area contributed by atoms with Crippen molar-refractivity contribution in [3.63, 3.8) is 0 Å². The van der Waals surface area contributed by atoms with Crippen molar-refractivity contribution in [3.05, 3.63) is 12.2 Å². The molecular formula is C43H69NO5. The summed E-state index contributed by atoms with van der Waals surface area (Å²) >= 11 is 0. The normalized spacial score (nSPS) is 46.1. The monoisotopic (exact) mass is 680 g/mol. The van der Waals surface area contributed by atoms with Crippen LogP contribution in [0.3, 0.4) is 0 Å². The molecule has 0 aliphatic heterocycles. The van der Waals surface area contributed by atoms with Crippen molar-refractivity contribution >= 4 is 17.8 Å². The first kappa shape index (κ1) is 36.9. The number of carbonyl (C=O) groups is 3. The number of ether oxygens (including phenoxy) is 2. The largest absolute Gasteiger partial charge is 0.465 e. The lowest BCUT2D eigenvalue weighted by Crippen LogP contribution is -2.68. The first-order valence-corrected chi connectivity index (χ1v) is 20.1. The third kappa shape index (κ3) is 5.31. The molecule has 0 aromatic carbocycles. The van der Waals surface area contributed by atoms with Crippen LogP contribution in [-0.4, -0.2) is 36.6 Å². The highest BCUT2D eigenvalue weighted by molar-refractivity contribution is 5.85. The Hall–Kier alpha value is -1.85. The minimum Gasteiger partial charge on any atom is -0.465 e. The second kappa shape index (κ2) is 12.4. The number of unbranched alkanes of at least 4 members (excludes halogenated alkanes) is 1. The average molecular weight is 680 g/mol. The summed E-state index contributed by atoms with van der Waals surface area (Å²) in [4.78, 5) is 39.8. The van der Waals surface area contributed by atoms with E-state index < -0.39 is 0 Å². The second-order valence-corrected chi connectivity index (χ2v) is 20.0. The quantitative estimate of drug-likeness (QED) is 0.157. The SMILES string of the molecule is C=C(C)[C@@H]1CC[C@]2(C(=O)N[C@@H]3C[C@H](C(=O)OCCCC)C3(C)C)CC[C@]3(C)[C@H](CC[C@@H]4[C@@]5(C)CC[C@H](OC(C)=O)C(C)(C)[C@@H]5CC[C@]43C)[C@@H]12. The summed E-state index contributed by atoms with van der Waals surface area (Å²) in [5.41, 5.74) is 1.06. The molecule has 0 aromatic heterocycles. The zero-order valence-electron chi connectivity index (χ0n) is 32.8. The van der Waals surface area contributed by atoms with E-state index in [9.17, 15) is 14.4 Å². The van der Waals surface area contributed by atoms with Crippen LogP contribution in [0.4, 0.5) is 0 Å². The maximum atomic E-state index is 14.8. The molecule has 6 aliphatic rings. The van der Waals surface area contributed by atoms with E-state index in [2.05, 4.69) is 74.2 Å². The van der Waals surface area contributed by atoms with Crippen LogP contribution in [0, 0.1) is 68.0 Å². The number of carbonyl (C=O) groups excluding carboxylic acids is 3. The Kier molecular flexibility index (Phi) is 9.33. The van der Waals surface area contributed by atoms with Gasteiger partial charge in [-0.15, -0.1) is 0 Å². The summed E-state index contributed by atoms with van der Waals surface area (Å²) in [5, 5.41) is 3.58. The summed E-state index contributed by atoms with van der Waals surface area (Å²) in [7, 11) is 0. The molecule has 1 amide bonds. The Morgan fingerprint density at radius 2 is 1.51 bits per heavy atom. The van der Waals surface area contributed by atoms with Gasteiger partial charge in [-0.2, -0.15) is 0 Å². The summed E-state index contributed by atoms with van der Waals surface area (Å²) < 4.78 is 11.6. The predicted molar refractivity (Wildman–Crippen MR) is 194 cm³/mol. The number of hydrogen-bond acceptors (Lipinski definition) is 5. The lowest BCUT2D eigenvalue weighted by atomic mass is 9.32. The van der Waals surface area contributed by atoms with Crippen molar-refractivity contribution in [3.8, 4) is 0 Å². The highest BCUT2D eigenvalue weighted by Crippen LogP contribution is 2.77. The standard InChI is InChI=1S/C43H69NO5/c1-12-13-24-48-36(46)30-25-33(38(30,5)6)44-37(47)43-21-16-28(26(2)3)35(43)29-14-15-32-40(9)19-18-34(49-27(4)45)39(7,8)31(40)17-20-42(32,11)41(29,10)22-23-43/h28-35H,2,12-25H2,1,3-11H3,(H,44,47)/t28-,29+,30+,31-,32+,33+,34-,35+,40-,41+,42+,43-/m0/s1. The molecule has 0 spiro atoms.